The first-order valence-electron chi connectivity index (χ1n) is 6.31. The molecule has 1 aliphatic carbocycles. The molecule has 0 radical (unpaired) electrons. The number of aromatic nitrogens is 2. The maximum atomic E-state index is 6.25. The quantitative estimate of drug-likeness (QED) is 0.759. The molecule has 2 atom stereocenters. The van der Waals surface area contributed by atoms with Crippen molar-refractivity contribution in [3.05, 3.63) is 15.9 Å². The van der Waals surface area contributed by atoms with Gasteiger partial charge in [-0.25, -0.2) is 0 Å². The van der Waals surface area contributed by atoms with Gasteiger partial charge in [-0.1, -0.05) is 6.92 Å². The van der Waals surface area contributed by atoms with Gasteiger partial charge >= 0.3 is 0 Å². The van der Waals surface area contributed by atoms with Crippen molar-refractivity contribution in [3.63, 3.8) is 0 Å². The number of rotatable bonds is 3. The molecular formula is C13H20BrClN2. The minimum Gasteiger partial charge on any atom is -0.268 e. The summed E-state index contributed by atoms with van der Waals surface area (Å²) in [5.74, 6) is 0. The van der Waals surface area contributed by atoms with Gasteiger partial charge in [0.05, 0.1) is 15.9 Å². The lowest BCUT2D eigenvalue weighted by atomic mass is 9.84. The molecule has 1 saturated carbocycles. The van der Waals surface area contributed by atoms with Crippen LogP contribution in [0.2, 0.25) is 0 Å². The third-order valence-electron chi connectivity index (χ3n) is 3.82. The van der Waals surface area contributed by atoms with E-state index >= 15 is 0 Å². The van der Waals surface area contributed by atoms with Gasteiger partial charge in [0, 0.05) is 11.9 Å². The number of nitrogens with zero attached hydrogens (tertiary/aromatic N) is 2. The van der Waals surface area contributed by atoms with Crippen LogP contribution in [0.4, 0.5) is 0 Å². The third kappa shape index (κ3) is 2.70. The van der Waals surface area contributed by atoms with Gasteiger partial charge in [0.1, 0.15) is 0 Å². The molecule has 1 heterocycles. The Morgan fingerprint density at radius 2 is 2.29 bits per heavy atom. The van der Waals surface area contributed by atoms with E-state index in [1.165, 1.54) is 16.6 Å². The van der Waals surface area contributed by atoms with Crippen LogP contribution in [0.3, 0.4) is 0 Å². The highest BCUT2D eigenvalue weighted by molar-refractivity contribution is 9.10. The molecule has 2 nitrogen and oxygen atoms in total. The Kier molecular flexibility index (Phi) is 3.89. The number of aryl methyl sites for hydroxylation is 2. The fraction of sp³-hybridized carbons (Fsp3) is 0.769. The first-order chi connectivity index (χ1) is 7.95. The number of halogens is 2. The molecule has 0 aromatic carbocycles. The van der Waals surface area contributed by atoms with Crippen LogP contribution in [0.25, 0.3) is 0 Å². The highest BCUT2D eigenvalue weighted by atomic mass is 79.9. The average Bonchev–Trinajstić information content (AvgIpc) is 2.74. The zero-order chi connectivity index (χ0) is 12.6. The Labute approximate surface area is 117 Å². The first kappa shape index (κ1) is 13.4. The van der Waals surface area contributed by atoms with Crippen molar-refractivity contribution in [3.8, 4) is 0 Å². The summed E-state index contributed by atoms with van der Waals surface area (Å²) in [7, 11) is 0. The molecule has 1 fully saturated rings. The SMILES string of the molecule is CCn1nc(C)c(Br)c1CC1(C)CCC(Cl)C1. The van der Waals surface area contributed by atoms with Crippen LogP contribution in [0.1, 0.15) is 44.5 Å². The Morgan fingerprint density at radius 3 is 2.82 bits per heavy atom. The zero-order valence-corrected chi connectivity index (χ0v) is 13.1. The van der Waals surface area contributed by atoms with Crippen LogP contribution in [0.5, 0.6) is 0 Å². The second-order valence-corrected chi connectivity index (χ2v) is 6.90. The monoisotopic (exact) mass is 318 g/mol. The van der Waals surface area contributed by atoms with Crippen molar-refractivity contribution in [2.75, 3.05) is 0 Å². The number of alkyl halides is 1. The topological polar surface area (TPSA) is 17.8 Å². The minimum atomic E-state index is 0.342. The van der Waals surface area contributed by atoms with Crippen LogP contribution in [0.15, 0.2) is 4.47 Å². The van der Waals surface area contributed by atoms with E-state index in [0.717, 1.165) is 31.5 Å². The molecule has 17 heavy (non-hydrogen) atoms. The Hall–Kier alpha value is -0.0200. The molecule has 0 spiro atoms. The zero-order valence-electron chi connectivity index (χ0n) is 10.8. The van der Waals surface area contributed by atoms with Crippen molar-refractivity contribution >= 4 is 27.5 Å². The van der Waals surface area contributed by atoms with Gasteiger partial charge in [0.2, 0.25) is 0 Å². The molecule has 1 aromatic heterocycles. The molecule has 0 bridgehead atoms. The molecule has 0 amide bonds. The van der Waals surface area contributed by atoms with E-state index in [-0.39, 0.29) is 0 Å². The summed E-state index contributed by atoms with van der Waals surface area (Å²) in [6, 6.07) is 0. The molecule has 0 N–H and O–H groups in total. The maximum Gasteiger partial charge on any atom is 0.0738 e. The van der Waals surface area contributed by atoms with E-state index in [9.17, 15) is 0 Å². The summed E-state index contributed by atoms with van der Waals surface area (Å²) in [6.45, 7) is 7.48. The van der Waals surface area contributed by atoms with Gasteiger partial charge in [-0.05, 0) is 60.9 Å². The van der Waals surface area contributed by atoms with Gasteiger partial charge in [-0.15, -0.1) is 11.6 Å². The van der Waals surface area contributed by atoms with E-state index in [1.54, 1.807) is 0 Å². The van der Waals surface area contributed by atoms with Gasteiger partial charge in [0.25, 0.3) is 0 Å². The summed E-state index contributed by atoms with van der Waals surface area (Å²) >= 11 is 9.92. The largest absolute Gasteiger partial charge is 0.268 e. The molecule has 0 aliphatic heterocycles. The van der Waals surface area contributed by atoms with Crippen molar-refractivity contribution in [2.45, 2.75) is 58.4 Å². The minimum absolute atomic E-state index is 0.342. The third-order valence-corrected chi connectivity index (χ3v) is 5.23. The van der Waals surface area contributed by atoms with E-state index in [2.05, 4.69) is 46.5 Å². The Balaban J connectivity index is 2.23. The average molecular weight is 320 g/mol. The lowest BCUT2D eigenvalue weighted by Gasteiger charge is -2.24. The summed E-state index contributed by atoms with van der Waals surface area (Å²) in [5, 5.41) is 4.92. The highest BCUT2D eigenvalue weighted by Gasteiger charge is 2.35. The van der Waals surface area contributed by atoms with Gasteiger partial charge in [-0.2, -0.15) is 5.10 Å². The predicted molar refractivity (Wildman–Crippen MR) is 75.6 cm³/mol. The molecule has 1 aromatic rings. The van der Waals surface area contributed by atoms with Gasteiger partial charge in [0.15, 0.2) is 0 Å². The van der Waals surface area contributed by atoms with E-state index in [1.807, 2.05) is 0 Å². The predicted octanol–water partition coefficient (Wildman–Crippen LogP) is 4.31. The fourth-order valence-electron chi connectivity index (χ4n) is 2.85. The summed E-state index contributed by atoms with van der Waals surface area (Å²) < 4.78 is 3.30. The first-order valence-corrected chi connectivity index (χ1v) is 7.54. The molecule has 2 rings (SSSR count). The van der Waals surface area contributed by atoms with Crippen LogP contribution >= 0.6 is 27.5 Å². The van der Waals surface area contributed by atoms with Crippen LogP contribution in [-0.4, -0.2) is 15.2 Å². The second kappa shape index (κ2) is 4.93. The maximum absolute atomic E-state index is 6.25. The fourth-order valence-corrected chi connectivity index (χ4v) is 3.75. The van der Waals surface area contributed by atoms with E-state index in [4.69, 9.17) is 11.6 Å². The molecule has 96 valence electrons. The molecule has 0 saturated heterocycles. The number of hydrogen-bond acceptors (Lipinski definition) is 1. The van der Waals surface area contributed by atoms with Crippen LogP contribution < -0.4 is 0 Å². The van der Waals surface area contributed by atoms with E-state index < -0.39 is 0 Å². The summed E-state index contributed by atoms with van der Waals surface area (Å²) in [5.41, 5.74) is 2.76. The van der Waals surface area contributed by atoms with E-state index in [0.29, 0.717) is 10.8 Å². The van der Waals surface area contributed by atoms with Crippen molar-refractivity contribution in [2.24, 2.45) is 5.41 Å². The standard InChI is InChI=1S/C13H20BrClN2/c1-4-17-11(12(14)9(2)16-17)8-13(3)6-5-10(15)7-13/h10H,4-8H2,1-3H3. The Bertz CT molecular complexity index is 416. The van der Waals surface area contributed by atoms with Crippen LogP contribution in [-0.2, 0) is 13.0 Å². The lowest BCUT2D eigenvalue weighted by Crippen LogP contribution is -2.19. The normalized spacial score (nSPS) is 28.9. The smallest absolute Gasteiger partial charge is 0.0738 e. The van der Waals surface area contributed by atoms with Gasteiger partial charge < -0.3 is 0 Å². The summed E-state index contributed by atoms with van der Waals surface area (Å²) in [4.78, 5) is 0. The van der Waals surface area contributed by atoms with Crippen LogP contribution in [0, 0.1) is 12.3 Å². The van der Waals surface area contributed by atoms with Crippen molar-refractivity contribution in [1.29, 1.82) is 0 Å². The van der Waals surface area contributed by atoms with Crippen molar-refractivity contribution < 1.29 is 0 Å². The molecular weight excluding hydrogens is 300 g/mol. The lowest BCUT2D eigenvalue weighted by molar-refractivity contribution is 0.323. The summed E-state index contributed by atoms with van der Waals surface area (Å²) in [6.07, 6.45) is 4.57. The molecule has 2 unspecified atom stereocenters. The molecule has 1 aliphatic rings. The highest BCUT2D eigenvalue weighted by Crippen LogP contribution is 2.43. The number of hydrogen-bond donors (Lipinski definition) is 0. The second-order valence-electron chi connectivity index (χ2n) is 5.49. The Morgan fingerprint density at radius 1 is 1.59 bits per heavy atom. The van der Waals surface area contributed by atoms with Crippen molar-refractivity contribution in [1.82, 2.24) is 9.78 Å². The molecule has 4 heteroatoms. The van der Waals surface area contributed by atoms with Gasteiger partial charge in [-0.3, -0.25) is 4.68 Å².